The molecule has 1 amide bonds. The molecule has 0 radical (unpaired) electrons. The molecule has 0 aliphatic heterocycles. The third-order valence-corrected chi connectivity index (χ3v) is 5.55. The molecule has 1 atom stereocenters. The predicted molar refractivity (Wildman–Crippen MR) is 118 cm³/mol. The van der Waals surface area contributed by atoms with Crippen LogP contribution in [0.25, 0.3) is 10.9 Å². The Kier molecular flexibility index (Phi) is 7.30. The molecule has 31 heavy (non-hydrogen) atoms. The van der Waals surface area contributed by atoms with Crippen molar-refractivity contribution in [2.45, 2.75) is 71.5 Å². The van der Waals surface area contributed by atoms with Crippen molar-refractivity contribution in [2.75, 3.05) is 11.9 Å². The highest BCUT2D eigenvalue weighted by Crippen LogP contribution is 2.26. The summed E-state index contributed by atoms with van der Waals surface area (Å²) in [7, 11) is 0. The van der Waals surface area contributed by atoms with Crippen LogP contribution in [0.1, 0.15) is 63.2 Å². The minimum absolute atomic E-state index is 0.104. The van der Waals surface area contributed by atoms with E-state index in [-0.39, 0.29) is 35.5 Å². The third-order valence-electron chi connectivity index (χ3n) is 5.55. The fraction of sp³-hybridized carbons (Fsp3) is 0.522. The number of halogens is 1. The Bertz CT molecular complexity index is 1030. The van der Waals surface area contributed by atoms with Crippen molar-refractivity contribution in [3.05, 3.63) is 39.9 Å². The summed E-state index contributed by atoms with van der Waals surface area (Å²) in [6.45, 7) is 5.32. The Labute approximate surface area is 181 Å². The molecule has 1 aliphatic rings. The first-order chi connectivity index (χ1) is 14.8. The molecular formula is C23H30FN3O4. The Hall–Kier alpha value is -2.90. The lowest BCUT2D eigenvalue weighted by Gasteiger charge is -2.25. The third kappa shape index (κ3) is 5.42. The summed E-state index contributed by atoms with van der Waals surface area (Å²) in [4.78, 5) is 36.7. The van der Waals surface area contributed by atoms with Crippen LogP contribution in [-0.2, 0) is 16.1 Å². The minimum Gasteiger partial charge on any atom is -0.462 e. The molecule has 1 unspecified atom stereocenters. The van der Waals surface area contributed by atoms with Crippen LogP contribution in [0.5, 0.6) is 0 Å². The molecule has 2 N–H and O–H groups in total. The highest BCUT2D eigenvalue weighted by molar-refractivity contribution is 5.94. The molecule has 1 aromatic carbocycles. The van der Waals surface area contributed by atoms with Crippen LogP contribution < -0.4 is 16.1 Å². The Balaban J connectivity index is 2.09. The molecule has 168 valence electrons. The van der Waals surface area contributed by atoms with E-state index in [0.717, 1.165) is 25.7 Å². The summed E-state index contributed by atoms with van der Waals surface area (Å²) in [6.07, 6.45) is 6.79. The van der Waals surface area contributed by atoms with E-state index < -0.39 is 17.2 Å². The number of esters is 1. The largest absolute Gasteiger partial charge is 0.462 e. The van der Waals surface area contributed by atoms with Gasteiger partial charge in [0.1, 0.15) is 11.4 Å². The van der Waals surface area contributed by atoms with Crippen LogP contribution in [-0.4, -0.2) is 35.1 Å². The van der Waals surface area contributed by atoms with Crippen molar-refractivity contribution in [1.82, 2.24) is 9.88 Å². The van der Waals surface area contributed by atoms with E-state index in [1.807, 2.05) is 6.92 Å². The van der Waals surface area contributed by atoms with E-state index in [4.69, 9.17) is 4.74 Å². The van der Waals surface area contributed by atoms with Gasteiger partial charge in [-0.2, -0.15) is 0 Å². The van der Waals surface area contributed by atoms with E-state index in [1.54, 1.807) is 17.6 Å². The summed E-state index contributed by atoms with van der Waals surface area (Å²) in [5.74, 6) is -1.47. The van der Waals surface area contributed by atoms with Crippen molar-refractivity contribution in [3.63, 3.8) is 0 Å². The van der Waals surface area contributed by atoms with Crippen LogP contribution in [0.3, 0.4) is 0 Å². The maximum absolute atomic E-state index is 14.9. The monoisotopic (exact) mass is 431 g/mol. The number of benzene rings is 1. The zero-order chi connectivity index (χ0) is 22.5. The fourth-order valence-corrected chi connectivity index (χ4v) is 4.18. The summed E-state index contributed by atoms with van der Waals surface area (Å²) in [6, 6.07) is 2.73. The van der Waals surface area contributed by atoms with Gasteiger partial charge < -0.3 is 19.9 Å². The van der Waals surface area contributed by atoms with Gasteiger partial charge in [0.15, 0.2) is 0 Å². The van der Waals surface area contributed by atoms with Gasteiger partial charge in [-0.15, -0.1) is 0 Å². The van der Waals surface area contributed by atoms with Crippen molar-refractivity contribution >= 4 is 28.5 Å². The smallest absolute Gasteiger partial charge is 0.343 e. The molecule has 0 saturated heterocycles. The van der Waals surface area contributed by atoms with Gasteiger partial charge in [0.05, 0.1) is 17.8 Å². The molecule has 1 aliphatic carbocycles. The molecule has 1 aromatic heterocycles. The number of anilines is 1. The number of fused-ring (bicyclic) bond motifs is 1. The lowest BCUT2D eigenvalue weighted by atomic mass is 9.95. The van der Waals surface area contributed by atoms with E-state index >= 15 is 0 Å². The van der Waals surface area contributed by atoms with Gasteiger partial charge in [-0.25, -0.2) is 9.18 Å². The van der Waals surface area contributed by atoms with Crippen LogP contribution >= 0.6 is 0 Å². The number of carbonyl (C=O) groups excluding carboxylic acids is 2. The standard InChI is InChI=1S/C23H30FN3O4/c1-4-31-23(30)18-13-27(12-14(2)25-15(3)28)21-11-20(19(24)10-17(21)22(18)29)26-16-8-6-5-7-9-16/h10-11,13-14,16,26H,4-9,12H2,1-3H3,(H,25,28). The fourth-order valence-electron chi connectivity index (χ4n) is 4.18. The Morgan fingerprint density at radius 3 is 2.61 bits per heavy atom. The summed E-state index contributed by atoms with van der Waals surface area (Å²) < 4.78 is 21.6. The molecule has 0 spiro atoms. The van der Waals surface area contributed by atoms with Crippen LogP contribution in [0.15, 0.2) is 23.1 Å². The van der Waals surface area contributed by atoms with Crippen molar-refractivity contribution in [2.24, 2.45) is 0 Å². The van der Waals surface area contributed by atoms with Gasteiger partial charge in [0, 0.05) is 37.1 Å². The molecule has 7 nitrogen and oxygen atoms in total. The number of pyridine rings is 1. The second-order valence-electron chi connectivity index (χ2n) is 8.17. The van der Waals surface area contributed by atoms with Crippen LogP contribution in [0.4, 0.5) is 10.1 Å². The van der Waals surface area contributed by atoms with Crippen molar-refractivity contribution < 1.29 is 18.7 Å². The Morgan fingerprint density at radius 2 is 1.97 bits per heavy atom. The van der Waals surface area contributed by atoms with Gasteiger partial charge in [-0.1, -0.05) is 19.3 Å². The van der Waals surface area contributed by atoms with Crippen molar-refractivity contribution in [1.29, 1.82) is 0 Å². The number of amides is 1. The number of nitrogens with zero attached hydrogens (tertiary/aromatic N) is 1. The predicted octanol–water partition coefficient (Wildman–Crippen LogP) is 3.59. The number of carbonyl (C=O) groups is 2. The second kappa shape index (κ2) is 9.94. The molecule has 2 aromatic rings. The number of aromatic nitrogens is 1. The first kappa shape index (κ1) is 22.8. The first-order valence-electron chi connectivity index (χ1n) is 10.9. The maximum atomic E-state index is 14.9. The minimum atomic E-state index is -0.750. The number of ether oxygens (including phenoxy) is 1. The highest BCUT2D eigenvalue weighted by atomic mass is 19.1. The molecular weight excluding hydrogens is 401 g/mol. The van der Waals surface area contributed by atoms with Crippen molar-refractivity contribution in [3.8, 4) is 0 Å². The highest BCUT2D eigenvalue weighted by Gasteiger charge is 2.21. The number of rotatable bonds is 7. The molecule has 0 bridgehead atoms. The average Bonchev–Trinajstić information content (AvgIpc) is 2.71. The van der Waals surface area contributed by atoms with E-state index in [9.17, 15) is 18.8 Å². The normalized spacial score (nSPS) is 15.5. The van der Waals surface area contributed by atoms with Crippen LogP contribution in [0, 0.1) is 5.82 Å². The van der Waals surface area contributed by atoms with Gasteiger partial charge in [-0.05, 0) is 38.8 Å². The zero-order valence-corrected chi connectivity index (χ0v) is 18.3. The quantitative estimate of drug-likeness (QED) is 0.654. The van der Waals surface area contributed by atoms with E-state index in [2.05, 4.69) is 10.6 Å². The van der Waals surface area contributed by atoms with E-state index in [0.29, 0.717) is 17.7 Å². The topological polar surface area (TPSA) is 89.4 Å². The second-order valence-corrected chi connectivity index (χ2v) is 8.17. The lowest BCUT2D eigenvalue weighted by Crippen LogP contribution is -2.34. The molecule has 8 heteroatoms. The number of nitrogens with one attached hydrogen (secondary N) is 2. The summed E-state index contributed by atoms with van der Waals surface area (Å²) in [5.41, 5.74) is 0.107. The summed E-state index contributed by atoms with van der Waals surface area (Å²) in [5, 5.41) is 6.18. The Morgan fingerprint density at radius 1 is 1.26 bits per heavy atom. The molecule has 3 rings (SSSR count). The first-order valence-corrected chi connectivity index (χ1v) is 10.9. The zero-order valence-electron chi connectivity index (χ0n) is 18.3. The SMILES string of the molecule is CCOC(=O)c1cn(CC(C)NC(C)=O)c2cc(NC3CCCCC3)c(F)cc2c1=O. The van der Waals surface area contributed by atoms with Crippen LogP contribution in [0.2, 0.25) is 0 Å². The molecule has 1 saturated carbocycles. The number of hydrogen-bond acceptors (Lipinski definition) is 5. The molecule has 1 fully saturated rings. The van der Waals surface area contributed by atoms with Gasteiger partial charge in [-0.3, -0.25) is 9.59 Å². The maximum Gasteiger partial charge on any atom is 0.343 e. The molecule has 1 heterocycles. The average molecular weight is 432 g/mol. The lowest BCUT2D eigenvalue weighted by molar-refractivity contribution is -0.119. The van der Waals surface area contributed by atoms with Gasteiger partial charge >= 0.3 is 5.97 Å². The van der Waals surface area contributed by atoms with Gasteiger partial charge in [0.2, 0.25) is 11.3 Å². The number of hydrogen-bond donors (Lipinski definition) is 2. The summed E-state index contributed by atoms with van der Waals surface area (Å²) >= 11 is 0. The van der Waals surface area contributed by atoms with Gasteiger partial charge in [0.25, 0.3) is 0 Å². The van der Waals surface area contributed by atoms with E-state index in [1.165, 1.54) is 25.6 Å².